The number of ether oxygens (including phenoxy) is 1. The van der Waals surface area contributed by atoms with Crippen LogP contribution in [0.15, 0.2) is 36.7 Å². The van der Waals surface area contributed by atoms with Crippen LogP contribution < -0.4 is 10.9 Å². The smallest absolute Gasteiger partial charge is 0.111 e. The second-order valence-electron chi connectivity index (χ2n) is 8.39. The maximum absolute atomic E-state index is 9.44. The van der Waals surface area contributed by atoms with Crippen LogP contribution in [0.5, 0.6) is 0 Å². The Morgan fingerprint density at radius 2 is 2.23 bits per heavy atom. The van der Waals surface area contributed by atoms with Crippen LogP contribution >= 0.6 is 0 Å². The molecule has 1 aliphatic carbocycles. The van der Waals surface area contributed by atoms with Gasteiger partial charge >= 0.3 is 0 Å². The molecule has 0 radical (unpaired) electrons. The molecule has 1 saturated carbocycles. The van der Waals surface area contributed by atoms with Gasteiger partial charge in [-0.3, -0.25) is 15.1 Å². The van der Waals surface area contributed by atoms with E-state index in [4.69, 9.17) is 14.8 Å². The van der Waals surface area contributed by atoms with E-state index in [0.29, 0.717) is 6.42 Å². The summed E-state index contributed by atoms with van der Waals surface area (Å²) in [5.74, 6) is 0. The number of nitriles is 1. The molecular weight excluding hydrogens is 394 g/mol. The third-order valence-electron chi connectivity index (χ3n) is 6.45. The van der Waals surface area contributed by atoms with Gasteiger partial charge in [0.25, 0.3) is 0 Å². The van der Waals surface area contributed by atoms with Gasteiger partial charge in [-0.25, -0.2) is 10.4 Å². The molecule has 3 N–H and O–H groups in total. The van der Waals surface area contributed by atoms with E-state index in [1.807, 2.05) is 35.1 Å². The molecule has 3 aromatic rings. The maximum Gasteiger partial charge on any atom is 0.111 e. The first-order valence-electron chi connectivity index (χ1n) is 10.5. The number of hydrazine groups is 1. The Labute approximate surface area is 180 Å². The number of fused-ring (bicyclic) bond motifs is 1. The first kappa shape index (κ1) is 20.0. The number of hydrogen-bond acceptors (Lipinski definition) is 8. The molecule has 2 aliphatic rings. The zero-order chi connectivity index (χ0) is 21.4. The number of nitrogens with one attached hydrogen (secondary N) is 2. The minimum absolute atomic E-state index is 0.00734. The minimum Gasteiger partial charge on any atom is -0.395 e. The molecule has 0 bridgehead atoms. The molecule has 31 heavy (non-hydrogen) atoms. The summed E-state index contributed by atoms with van der Waals surface area (Å²) in [5, 5.41) is 24.6. The first-order chi connectivity index (χ1) is 15.2. The SMILES string of the molecule is COC1CC(CC#N)(n2ccc(-c3nc(C4CC(CO)NN4)cc4ncccc34)n2)C1. The highest BCUT2D eigenvalue weighted by molar-refractivity contribution is 5.91. The van der Waals surface area contributed by atoms with Crippen molar-refractivity contribution in [2.45, 2.75) is 49.4 Å². The number of aliphatic hydroxyl groups is 1. The lowest BCUT2D eigenvalue weighted by Crippen LogP contribution is -2.50. The Hall–Kier alpha value is -2.90. The van der Waals surface area contributed by atoms with Gasteiger partial charge in [-0.15, -0.1) is 0 Å². The number of rotatable bonds is 6. The van der Waals surface area contributed by atoms with Crippen molar-refractivity contribution in [3.05, 3.63) is 42.4 Å². The Bertz CT molecular complexity index is 1130. The standard InChI is InChI=1S/C22H25N7O2/c1-31-15-11-22(12-15,5-6-23)29-8-4-17(28-29)21-16-3-2-7-24-18(16)10-19(25-21)20-9-14(13-30)26-27-20/h2-4,7-8,10,14-15,20,26-27,30H,5,9,11-13H2,1H3. The molecule has 3 aromatic heterocycles. The molecule has 160 valence electrons. The summed E-state index contributed by atoms with van der Waals surface area (Å²) >= 11 is 0. The first-order valence-corrected chi connectivity index (χ1v) is 10.5. The van der Waals surface area contributed by atoms with E-state index < -0.39 is 0 Å². The van der Waals surface area contributed by atoms with Crippen molar-refractivity contribution in [3.8, 4) is 17.5 Å². The molecule has 2 atom stereocenters. The van der Waals surface area contributed by atoms with E-state index in [1.54, 1.807) is 13.3 Å². The van der Waals surface area contributed by atoms with Crippen LogP contribution in [0.4, 0.5) is 0 Å². The number of methoxy groups -OCH3 is 1. The van der Waals surface area contributed by atoms with Crippen LogP contribution in [0.1, 0.15) is 37.4 Å². The van der Waals surface area contributed by atoms with Crippen LogP contribution in [-0.4, -0.2) is 50.7 Å². The normalized spacial score (nSPS) is 27.8. The number of aliphatic hydroxyl groups excluding tert-OH is 1. The second kappa shape index (κ2) is 7.98. The fourth-order valence-electron chi connectivity index (χ4n) is 4.63. The summed E-state index contributed by atoms with van der Waals surface area (Å²) < 4.78 is 7.36. The van der Waals surface area contributed by atoms with Gasteiger partial charge in [-0.2, -0.15) is 10.4 Å². The highest BCUT2D eigenvalue weighted by Crippen LogP contribution is 2.43. The van der Waals surface area contributed by atoms with Crippen LogP contribution in [0.3, 0.4) is 0 Å². The topological polar surface area (TPSA) is 121 Å². The van der Waals surface area contributed by atoms with Crippen LogP contribution in [0.2, 0.25) is 0 Å². The number of pyridine rings is 2. The zero-order valence-electron chi connectivity index (χ0n) is 17.3. The summed E-state index contributed by atoms with van der Waals surface area (Å²) in [7, 11) is 1.71. The molecular formula is C22H25N7O2. The van der Waals surface area contributed by atoms with E-state index in [9.17, 15) is 10.4 Å². The van der Waals surface area contributed by atoms with Gasteiger partial charge in [0, 0.05) is 30.9 Å². The van der Waals surface area contributed by atoms with Crippen LogP contribution in [0, 0.1) is 11.3 Å². The monoisotopic (exact) mass is 419 g/mol. The van der Waals surface area contributed by atoms with Gasteiger partial charge in [-0.1, -0.05) is 0 Å². The molecule has 0 amide bonds. The van der Waals surface area contributed by atoms with Crippen molar-refractivity contribution in [3.63, 3.8) is 0 Å². The number of nitrogens with zero attached hydrogens (tertiary/aromatic N) is 5. The predicted molar refractivity (Wildman–Crippen MR) is 113 cm³/mol. The van der Waals surface area contributed by atoms with E-state index in [0.717, 1.165) is 47.2 Å². The molecule has 2 unspecified atom stereocenters. The zero-order valence-corrected chi connectivity index (χ0v) is 17.3. The maximum atomic E-state index is 9.44. The third-order valence-corrected chi connectivity index (χ3v) is 6.45. The van der Waals surface area contributed by atoms with Gasteiger partial charge in [0.15, 0.2) is 0 Å². The van der Waals surface area contributed by atoms with Crippen LogP contribution in [-0.2, 0) is 10.3 Å². The quantitative estimate of drug-likeness (QED) is 0.553. The van der Waals surface area contributed by atoms with Crippen molar-refractivity contribution in [2.75, 3.05) is 13.7 Å². The van der Waals surface area contributed by atoms with Crippen molar-refractivity contribution < 1.29 is 9.84 Å². The molecule has 2 fully saturated rings. The third kappa shape index (κ3) is 3.47. The molecule has 5 rings (SSSR count). The molecule has 9 nitrogen and oxygen atoms in total. The Morgan fingerprint density at radius 3 is 2.97 bits per heavy atom. The molecule has 1 aliphatic heterocycles. The lowest BCUT2D eigenvalue weighted by Gasteiger charge is -2.45. The van der Waals surface area contributed by atoms with Crippen LogP contribution in [0.25, 0.3) is 22.3 Å². The van der Waals surface area contributed by atoms with Gasteiger partial charge in [0.2, 0.25) is 0 Å². The van der Waals surface area contributed by atoms with E-state index in [2.05, 4.69) is 21.9 Å². The van der Waals surface area contributed by atoms with Crippen molar-refractivity contribution in [1.82, 2.24) is 30.6 Å². The molecule has 9 heteroatoms. The molecule has 4 heterocycles. The molecule has 0 aromatic carbocycles. The van der Waals surface area contributed by atoms with Crippen molar-refractivity contribution in [2.24, 2.45) is 0 Å². The lowest BCUT2D eigenvalue weighted by atomic mass is 9.72. The number of hydrogen-bond donors (Lipinski definition) is 3. The van der Waals surface area contributed by atoms with Crippen molar-refractivity contribution in [1.29, 1.82) is 5.26 Å². The lowest BCUT2D eigenvalue weighted by molar-refractivity contribution is -0.0541. The average Bonchev–Trinajstić information content (AvgIpc) is 3.45. The Morgan fingerprint density at radius 1 is 1.35 bits per heavy atom. The summed E-state index contributed by atoms with van der Waals surface area (Å²) in [6, 6.07) is 10.1. The number of aromatic nitrogens is 4. The van der Waals surface area contributed by atoms with Gasteiger partial charge in [0.05, 0.1) is 48.0 Å². The van der Waals surface area contributed by atoms with E-state index >= 15 is 0 Å². The summed E-state index contributed by atoms with van der Waals surface area (Å²) in [4.78, 5) is 9.49. The molecule has 1 saturated heterocycles. The van der Waals surface area contributed by atoms with E-state index in [-0.39, 0.29) is 30.3 Å². The average molecular weight is 419 g/mol. The molecule has 0 spiro atoms. The van der Waals surface area contributed by atoms with Gasteiger partial charge < -0.3 is 9.84 Å². The summed E-state index contributed by atoms with van der Waals surface area (Å²) in [6.07, 6.45) is 6.54. The van der Waals surface area contributed by atoms with E-state index in [1.165, 1.54) is 0 Å². The van der Waals surface area contributed by atoms with Gasteiger partial charge in [-0.05, 0) is 43.5 Å². The predicted octanol–water partition coefficient (Wildman–Crippen LogP) is 1.81. The Balaban J connectivity index is 1.54. The fourth-order valence-corrected chi connectivity index (χ4v) is 4.63. The highest BCUT2D eigenvalue weighted by atomic mass is 16.5. The minimum atomic E-state index is -0.329. The van der Waals surface area contributed by atoms with Gasteiger partial charge in [0.1, 0.15) is 11.4 Å². The largest absolute Gasteiger partial charge is 0.395 e. The summed E-state index contributed by atoms with van der Waals surface area (Å²) in [5.41, 5.74) is 9.21. The fraction of sp³-hybridized carbons (Fsp3) is 0.455. The van der Waals surface area contributed by atoms with Crippen molar-refractivity contribution >= 4 is 10.9 Å². The highest BCUT2D eigenvalue weighted by Gasteiger charge is 2.47. The summed E-state index contributed by atoms with van der Waals surface area (Å²) in [6.45, 7) is 0.0655. The second-order valence-corrected chi connectivity index (χ2v) is 8.39. The Kier molecular flexibility index (Phi) is 5.16.